The lowest BCUT2D eigenvalue weighted by Crippen LogP contribution is -2.46. The molecule has 0 amide bonds. The molecule has 1 fully saturated rings. The zero-order chi connectivity index (χ0) is 24.4. The van der Waals surface area contributed by atoms with Crippen molar-refractivity contribution in [1.29, 1.82) is 5.26 Å². The van der Waals surface area contributed by atoms with Crippen molar-refractivity contribution in [1.82, 2.24) is 9.47 Å². The molecule has 1 saturated heterocycles. The molecule has 174 valence electrons. The number of anilines is 1. The van der Waals surface area contributed by atoms with Gasteiger partial charge in [0, 0.05) is 55.9 Å². The van der Waals surface area contributed by atoms with Gasteiger partial charge in [-0.2, -0.15) is 5.26 Å². The maximum atomic E-state index is 13.3. The summed E-state index contributed by atoms with van der Waals surface area (Å²) in [6, 6.07) is 24.1. The monoisotopic (exact) mass is 465 g/mol. The predicted molar refractivity (Wildman–Crippen MR) is 133 cm³/mol. The Hall–Kier alpha value is -4.48. The first-order valence-corrected chi connectivity index (χ1v) is 11.4. The van der Waals surface area contributed by atoms with Crippen LogP contribution in [0.25, 0.3) is 10.9 Å². The second-order valence-corrected chi connectivity index (χ2v) is 8.56. The smallest absolute Gasteiger partial charge is 0.293 e. The summed E-state index contributed by atoms with van der Waals surface area (Å²) in [5, 5.41) is 22.0. The average molecular weight is 466 g/mol. The minimum absolute atomic E-state index is 0.0932. The van der Waals surface area contributed by atoms with Crippen molar-refractivity contribution in [3.63, 3.8) is 0 Å². The maximum Gasteiger partial charge on any atom is 0.293 e. The SMILES string of the molecule is N#Cc1cn(C(=O)c2ccc(N3CCN(Cc4ccccc4)CC3)c([N+](=O)[O-])c2)c2ccccc12. The summed E-state index contributed by atoms with van der Waals surface area (Å²) in [5.41, 5.74) is 2.84. The van der Waals surface area contributed by atoms with Gasteiger partial charge in [-0.1, -0.05) is 48.5 Å². The fourth-order valence-corrected chi connectivity index (χ4v) is 4.63. The number of hydrogen-bond acceptors (Lipinski definition) is 6. The highest BCUT2D eigenvalue weighted by Crippen LogP contribution is 2.31. The third-order valence-corrected chi connectivity index (χ3v) is 6.43. The van der Waals surface area contributed by atoms with Gasteiger partial charge in [-0.25, -0.2) is 0 Å². The van der Waals surface area contributed by atoms with Gasteiger partial charge < -0.3 is 4.90 Å². The highest BCUT2D eigenvalue weighted by Gasteiger charge is 2.26. The standard InChI is InChI=1S/C27H23N5O3/c28-17-22-19-31(24-9-5-4-8-23(22)24)27(33)21-10-11-25(26(16-21)32(34)35)30-14-12-29(13-15-30)18-20-6-2-1-3-7-20/h1-11,16,19H,12-15,18H2. The first kappa shape index (κ1) is 22.3. The molecule has 0 atom stereocenters. The number of nitriles is 1. The van der Waals surface area contributed by atoms with Crippen molar-refractivity contribution >= 4 is 28.2 Å². The number of nitro benzene ring substituents is 1. The van der Waals surface area contributed by atoms with Crippen LogP contribution in [-0.4, -0.2) is 46.5 Å². The van der Waals surface area contributed by atoms with Gasteiger partial charge in [0.1, 0.15) is 11.8 Å². The van der Waals surface area contributed by atoms with Crippen LogP contribution < -0.4 is 4.90 Å². The van der Waals surface area contributed by atoms with Gasteiger partial charge in [0.2, 0.25) is 0 Å². The summed E-state index contributed by atoms with van der Waals surface area (Å²) in [5.74, 6) is -0.412. The van der Waals surface area contributed by atoms with E-state index in [2.05, 4.69) is 23.1 Å². The Morgan fingerprint density at radius 1 is 0.971 bits per heavy atom. The fraction of sp³-hybridized carbons (Fsp3) is 0.185. The number of nitro groups is 1. The number of fused-ring (bicyclic) bond motifs is 1. The lowest BCUT2D eigenvalue weighted by molar-refractivity contribution is -0.384. The first-order valence-electron chi connectivity index (χ1n) is 11.4. The van der Waals surface area contributed by atoms with Gasteiger partial charge in [-0.15, -0.1) is 0 Å². The third kappa shape index (κ3) is 4.37. The topological polar surface area (TPSA) is 95.4 Å². The Morgan fingerprint density at radius 2 is 1.69 bits per heavy atom. The molecule has 0 N–H and O–H groups in total. The Labute approximate surface area is 202 Å². The van der Waals surface area contributed by atoms with Crippen LogP contribution in [0, 0.1) is 21.4 Å². The number of aromatic nitrogens is 1. The summed E-state index contributed by atoms with van der Waals surface area (Å²) in [4.78, 5) is 29.1. The van der Waals surface area contributed by atoms with E-state index in [9.17, 15) is 20.2 Å². The molecule has 1 aliphatic rings. The lowest BCUT2D eigenvalue weighted by atomic mass is 10.1. The van der Waals surface area contributed by atoms with E-state index in [0.717, 1.165) is 19.6 Å². The zero-order valence-electron chi connectivity index (χ0n) is 19.0. The number of benzene rings is 3. The van der Waals surface area contributed by atoms with Gasteiger partial charge in [0.05, 0.1) is 16.0 Å². The van der Waals surface area contributed by atoms with Crippen molar-refractivity contribution in [3.05, 3.63) is 106 Å². The number of nitrogens with zero attached hydrogens (tertiary/aromatic N) is 5. The van der Waals surface area contributed by atoms with Crippen molar-refractivity contribution in [3.8, 4) is 6.07 Å². The number of hydrogen-bond donors (Lipinski definition) is 0. The van der Waals surface area contributed by atoms with Crippen molar-refractivity contribution < 1.29 is 9.72 Å². The molecule has 8 heteroatoms. The molecule has 3 aromatic carbocycles. The largest absolute Gasteiger partial charge is 0.363 e. The molecular formula is C27H23N5O3. The number of para-hydroxylation sites is 1. The summed E-state index contributed by atoms with van der Waals surface area (Å²) >= 11 is 0. The van der Waals surface area contributed by atoms with Crippen LogP contribution in [0.4, 0.5) is 11.4 Å². The van der Waals surface area contributed by atoms with Gasteiger partial charge in [0.25, 0.3) is 11.6 Å². The molecule has 0 aliphatic carbocycles. The molecule has 0 bridgehead atoms. The summed E-state index contributed by atoms with van der Waals surface area (Å²) in [6.07, 6.45) is 1.48. The minimum atomic E-state index is -0.434. The van der Waals surface area contributed by atoms with Crippen LogP contribution in [0.2, 0.25) is 0 Å². The summed E-state index contributed by atoms with van der Waals surface area (Å²) in [7, 11) is 0. The molecule has 2 heterocycles. The van der Waals surface area contributed by atoms with Crippen LogP contribution in [0.5, 0.6) is 0 Å². The van der Waals surface area contributed by atoms with Crippen LogP contribution in [-0.2, 0) is 6.54 Å². The molecule has 0 unspecified atom stereocenters. The highest BCUT2D eigenvalue weighted by atomic mass is 16.6. The number of carbonyl (C=O) groups is 1. The number of carbonyl (C=O) groups excluding carboxylic acids is 1. The average Bonchev–Trinajstić information content (AvgIpc) is 3.28. The van der Waals surface area contributed by atoms with Gasteiger partial charge in [0.15, 0.2) is 0 Å². The molecule has 4 aromatic rings. The molecule has 0 spiro atoms. The van der Waals surface area contributed by atoms with E-state index in [-0.39, 0.29) is 11.3 Å². The van der Waals surface area contributed by atoms with Gasteiger partial charge >= 0.3 is 0 Å². The van der Waals surface area contributed by atoms with Crippen LogP contribution in [0.1, 0.15) is 21.5 Å². The second kappa shape index (κ2) is 9.41. The van der Waals surface area contributed by atoms with E-state index >= 15 is 0 Å². The molecular weight excluding hydrogens is 442 g/mol. The normalized spacial score (nSPS) is 14.1. The third-order valence-electron chi connectivity index (χ3n) is 6.43. The Balaban J connectivity index is 1.38. The minimum Gasteiger partial charge on any atom is -0.363 e. The van der Waals surface area contributed by atoms with E-state index in [1.807, 2.05) is 23.1 Å². The van der Waals surface area contributed by atoms with E-state index in [0.29, 0.717) is 35.2 Å². The second-order valence-electron chi connectivity index (χ2n) is 8.56. The molecule has 1 aromatic heterocycles. The molecule has 0 saturated carbocycles. The van der Waals surface area contributed by atoms with Crippen LogP contribution in [0.15, 0.2) is 79.0 Å². The van der Waals surface area contributed by atoms with E-state index in [4.69, 9.17) is 0 Å². The summed E-state index contributed by atoms with van der Waals surface area (Å²) < 4.78 is 1.38. The first-order chi connectivity index (χ1) is 17.0. The van der Waals surface area contributed by atoms with E-state index < -0.39 is 10.8 Å². The number of rotatable bonds is 5. The molecule has 8 nitrogen and oxygen atoms in total. The molecule has 0 radical (unpaired) electrons. The van der Waals surface area contributed by atoms with E-state index in [1.54, 1.807) is 36.4 Å². The highest BCUT2D eigenvalue weighted by molar-refractivity contribution is 6.04. The Bertz CT molecular complexity index is 1450. The molecule has 35 heavy (non-hydrogen) atoms. The van der Waals surface area contributed by atoms with Crippen LogP contribution in [0.3, 0.4) is 0 Å². The lowest BCUT2D eigenvalue weighted by Gasteiger charge is -2.35. The molecule has 1 aliphatic heterocycles. The number of piperazine rings is 1. The molecule has 5 rings (SSSR count). The summed E-state index contributed by atoms with van der Waals surface area (Å²) in [6.45, 7) is 3.75. The van der Waals surface area contributed by atoms with Crippen molar-refractivity contribution in [2.45, 2.75) is 6.54 Å². The zero-order valence-corrected chi connectivity index (χ0v) is 19.0. The van der Waals surface area contributed by atoms with Crippen LogP contribution >= 0.6 is 0 Å². The fourth-order valence-electron chi connectivity index (χ4n) is 4.63. The van der Waals surface area contributed by atoms with Crippen molar-refractivity contribution in [2.24, 2.45) is 0 Å². The van der Waals surface area contributed by atoms with Crippen molar-refractivity contribution in [2.75, 3.05) is 31.1 Å². The Kier molecular flexibility index (Phi) is 6.00. The predicted octanol–water partition coefficient (Wildman–Crippen LogP) is 4.43. The maximum absolute atomic E-state index is 13.3. The Morgan fingerprint density at radius 3 is 2.40 bits per heavy atom. The van der Waals surface area contributed by atoms with Gasteiger partial charge in [-0.05, 0) is 23.8 Å². The van der Waals surface area contributed by atoms with Gasteiger partial charge in [-0.3, -0.25) is 24.4 Å². The quantitative estimate of drug-likeness (QED) is 0.320. The van der Waals surface area contributed by atoms with E-state index in [1.165, 1.54) is 22.4 Å².